The second kappa shape index (κ2) is 7.78. The van der Waals surface area contributed by atoms with Crippen molar-refractivity contribution in [2.45, 2.75) is 13.8 Å². The number of amides is 1. The number of carbonyl (C=O) groups is 1. The van der Waals surface area contributed by atoms with Crippen molar-refractivity contribution in [2.24, 2.45) is 0 Å². The van der Waals surface area contributed by atoms with Gasteiger partial charge < -0.3 is 19.9 Å². The van der Waals surface area contributed by atoms with Gasteiger partial charge in [-0.1, -0.05) is 11.6 Å². The summed E-state index contributed by atoms with van der Waals surface area (Å²) < 4.78 is 5.40. The van der Waals surface area contributed by atoms with Crippen LogP contribution in [0.3, 0.4) is 0 Å². The molecule has 0 saturated carbocycles. The molecule has 0 unspecified atom stereocenters. The fraction of sp³-hybridized carbons (Fsp3) is 0.389. The predicted octanol–water partition coefficient (Wildman–Crippen LogP) is 2.78. The second-order valence-electron chi connectivity index (χ2n) is 6.25. The summed E-state index contributed by atoms with van der Waals surface area (Å²) >= 11 is 6.17. The van der Waals surface area contributed by atoms with E-state index in [4.69, 9.17) is 16.3 Å². The van der Waals surface area contributed by atoms with Crippen molar-refractivity contribution in [3.63, 3.8) is 0 Å². The molecule has 1 aliphatic rings. The van der Waals surface area contributed by atoms with Crippen LogP contribution >= 0.6 is 11.6 Å². The summed E-state index contributed by atoms with van der Waals surface area (Å²) in [7, 11) is 1.60. The molecule has 0 radical (unpaired) electrons. The van der Waals surface area contributed by atoms with Crippen LogP contribution < -0.4 is 15.0 Å². The molecule has 0 spiro atoms. The molecule has 2 heterocycles. The number of carbonyl (C=O) groups excluding carboxylic acids is 1. The quantitative estimate of drug-likeness (QED) is 0.810. The van der Waals surface area contributed by atoms with E-state index in [0.29, 0.717) is 29.8 Å². The van der Waals surface area contributed by atoms with Crippen LogP contribution in [0.5, 0.6) is 5.75 Å². The van der Waals surface area contributed by atoms with Gasteiger partial charge in [0.2, 0.25) is 12.4 Å². The van der Waals surface area contributed by atoms with E-state index in [1.807, 2.05) is 26.0 Å². The van der Waals surface area contributed by atoms with Crippen molar-refractivity contribution in [3.05, 3.63) is 34.5 Å². The molecular formula is C18H22ClN5O2. The highest BCUT2D eigenvalue weighted by Gasteiger charge is 2.18. The second-order valence-corrected chi connectivity index (χ2v) is 6.65. The Morgan fingerprint density at radius 1 is 1.15 bits per heavy atom. The molecule has 1 fully saturated rings. The molecule has 8 heteroatoms. The third-order valence-corrected chi connectivity index (χ3v) is 4.76. The molecule has 1 aromatic heterocycles. The molecule has 26 heavy (non-hydrogen) atoms. The summed E-state index contributed by atoms with van der Waals surface area (Å²) in [4.78, 5) is 23.9. The molecule has 138 valence electrons. The number of aryl methyl sites for hydroxylation is 2. The normalized spacial score (nSPS) is 14.3. The van der Waals surface area contributed by atoms with E-state index in [1.54, 1.807) is 18.1 Å². The summed E-state index contributed by atoms with van der Waals surface area (Å²) in [5, 5.41) is 3.88. The van der Waals surface area contributed by atoms with Crippen LogP contribution in [0.25, 0.3) is 0 Å². The van der Waals surface area contributed by atoms with Crippen molar-refractivity contribution >= 4 is 35.5 Å². The number of ether oxygens (including phenoxy) is 1. The average molecular weight is 376 g/mol. The lowest BCUT2D eigenvalue weighted by Crippen LogP contribution is -2.46. The highest BCUT2D eigenvalue weighted by atomic mass is 35.5. The molecule has 1 aliphatic heterocycles. The predicted molar refractivity (Wildman–Crippen MR) is 103 cm³/mol. The van der Waals surface area contributed by atoms with Gasteiger partial charge in [0, 0.05) is 49.0 Å². The van der Waals surface area contributed by atoms with Gasteiger partial charge in [-0.2, -0.15) is 4.98 Å². The highest BCUT2D eigenvalue weighted by molar-refractivity contribution is 6.31. The first-order chi connectivity index (χ1) is 12.5. The van der Waals surface area contributed by atoms with Gasteiger partial charge in [-0.3, -0.25) is 4.79 Å². The first kappa shape index (κ1) is 18.3. The lowest BCUT2D eigenvalue weighted by atomic mass is 10.2. The van der Waals surface area contributed by atoms with E-state index in [-0.39, 0.29) is 0 Å². The summed E-state index contributed by atoms with van der Waals surface area (Å²) in [6.07, 6.45) is 0.894. The SMILES string of the molecule is COc1cc(Cl)c(C)cc1Nc1nc(C)cc(N2CCN(C=O)CC2)n1. The minimum absolute atomic E-state index is 0.498. The molecule has 3 rings (SSSR count). The van der Waals surface area contributed by atoms with Crippen molar-refractivity contribution in [3.8, 4) is 5.75 Å². The van der Waals surface area contributed by atoms with Crippen molar-refractivity contribution < 1.29 is 9.53 Å². The number of benzene rings is 1. The van der Waals surface area contributed by atoms with Gasteiger partial charge in [-0.05, 0) is 25.5 Å². The van der Waals surface area contributed by atoms with E-state index in [1.165, 1.54) is 0 Å². The Balaban J connectivity index is 1.85. The van der Waals surface area contributed by atoms with Crippen LogP contribution in [0.4, 0.5) is 17.5 Å². The van der Waals surface area contributed by atoms with Gasteiger partial charge in [0.15, 0.2) is 0 Å². The standard InChI is InChI=1S/C18H22ClN5O2/c1-12-8-15(16(26-3)10-14(12)19)21-18-20-13(2)9-17(22-18)24-6-4-23(11-25)5-7-24/h8-11H,4-7H2,1-3H3,(H,20,21,22). The number of aromatic nitrogens is 2. The van der Waals surface area contributed by atoms with Crippen LogP contribution in [-0.4, -0.2) is 54.6 Å². The lowest BCUT2D eigenvalue weighted by Gasteiger charge is -2.33. The zero-order chi connectivity index (χ0) is 18.7. The van der Waals surface area contributed by atoms with Crippen molar-refractivity contribution in [1.29, 1.82) is 0 Å². The molecule has 7 nitrogen and oxygen atoms in total. The highest BCUT2D eigenvalue weighted by Crippen LogP contribution is 2.32. The maximum atomic E-state index is 10.9. The number of halogens is 1. The van der Waals surface area contributed by atoms with Gasteiger partial charge in [0.1, 0.15) is 11.6 Å². The van der Waals surface area contributed by atoms with Crippen LogP contribution in [0, 0.1) is 13.8 Å². The van der Waals surface area contributed by atoms with E-state index in [0.717, 1.165) is 42.3 Å². The maximum absolute atomic E-state index is 10.9. The van der Waals surface area contributed by atoms with Gasteiger partial charge in [0.25, 0.3) is 0 Å². The first-order valence-corrected chi connectivity index (χ1v) is 8.79. The maximum Gasteiger partial charge on any atom is 0.229 e. The van der Waals surface area contributed by atoms with Gasteiger partial charge in [-0.25, -0.2) is 4.98 Å². The average Bonchev–Trinajstić information content (AvgIpc) is 2.64. The molecule has 1 aromatic carbocycles. The van der Waals surface area contributed by atoms with Gasteiger partial charge in [0.05, 0.1) is 12.8 Å². The molecule has 0 atom stereocenters. The lowest BCUT2D eigenvalue weighted by molar-refractivity contribution is -0.118. The first-order valence-electron chi connectivity index (χ1n) is 8.41. The Labute approximate surface area is 157 Å². The number of hydrogen-bond acceptors (Lipinski definition) is 6. The van der Waals surface area contributed by atoms with Crippen molar-refractivity contribution in [2.75, 3.05) is 43.5 Å². The Bertz CT molecular complexity index is 806. The Morgan fingerprint density at radius 3 is 2.54 bits per heavy atom. The van der Waals surface area contributed by atoms with Crippen LogP contribution in [0.2, 0.25) is 5.02 Å². The third-order valence-electron chi connectivity index (χ3n) is 4.36. The van der Waals surface area contributed by atoms with Crippen LogP contribution in [-0.2, 0) is 4.79 Å². The number of methoxy groups -OCH3 is 1. The van der Waals surface area contributed by atoms with E-state index in [9.17, 15) is 4.79 Å². The molecule has 1 saturated heterocycles. The number of nitrogens with zero attached hydrogens (tertiary/aromatic N) is 4. The van der Waals surface area contributed by atoms with Crippen LogP contribution in [0.15, 0.2) is 18.2 Å². The van der Waals surface area contributed by atoms with E-state index in [2.05, 4.69) is 20.2 Å². The number of nitrogens with one attached hydrogen (secondary N) is 1. The molecule has 1 N–H and O–H groups in total. The largest absolute Gasteiger partial charge is 0.495 e. The monoisotopic (exact) mass is 375 g/mol. The summed E-state index contributed by atoms with van der Waals surface area (Å²) in [5.41, 5.74) is 2.56. The third kappa shape index (κ3) is 3.99. The van der Waals surface area contributed by atoms with E-state index >= 15 is 0 Å². The zero-order valence-electron chi connectivity index (χ0n) is 15.1. The minimum Gasteiger partial charge on any atom is -0.495 e. The Kier molecular flexibility index (Phi) is 5.46. The zero-order valence-corrected chi connectivity index (χ0v) is 15.9. The molecule has 0 aliphatic carbocycles. The number of hydrogen-bond donors (Lipinski definition) is 1. The summed E-state index contributed by atoms with van der Waals surface area (Å²) in [6, 6.07) is 5.63. The Hall–Kier alpha value is -2.54. The number of anilines is 3. The van der Waals surface area contributed by atoms with Crippen LogP contribution in [0.1, 0.15) is 11.3 Å². The molecule has 1 amide bonds. The number of piperazine rings is 1. The number of rotatable bonds is 5. The smallest absolute Gasteiger partial charge is 0.229 e. The summed E-state index contributed by atoms with van der Waals surface area (Å²) in [5.74, 6) is 1.97. The topological polar surface area (TPSA) is 70.6 Å². The Morgan fingerprint density at radius 2 is 1.88 bits per heavy atom. The molecule has 2 aromatic rings. The summed E-state index contributed by atoms with van der Waals surface area (Å²) in [6.45, 7) is 6.75. The fourth-order valence-corrected chi connectivity index (χ4v) is 3.03. The minimum atomic E-state index is 0.498. The molecule has 0 bridgehead atoms. The van der Waals surface area contributed by atoms with Crippen molar-refractivity contribution in [1.82, 2.24) is 14.9 Å². The van der Waals surface area contributed by atoms with Gasteiger partial charge in [-0.15, -0.1) is 0 Å². The molecular weight excluding hydrogens is 354 g/mol. The van der Waals surface area contributed by atoms with Gasteiger partial charge >= 0.3 is 0 Å². The van der Waals surface area contributed by atoms with E-state index < -0.39 is 0 Å². The fourth-order valence-electron chi connectivity index (χ4n) is 2.88.